The van der Waals surface area contributed by atoms with Gasteiger partial charge in [0.05, 0.1) is 6.54 Å². The van der Waals surface area contributed by atoms with Gasteiger partial charge in [-0.25, -0.2) is 4.98 Å². The van der Waals surface area contributed by atoms with E-state index in [-0.39, 0.29) is 23.9 Å². The van der Waals surface area contributed by atoms with Gasteiger partial charge in [0.2, 0.25) is 11.8 Å². The second-order valence-electron chi connectivity index (χ2n) is 5.05. The quantitative estimate of drug-likeness (QED) is 0.872. The Kier molecular flexibility index (Phi) is 5.11. The molecule has 2 heterocycles. The van der Waals surface area contributed by atoms with E-state index in [0.29, 0.717) is 19.4 Å². The molecule has 2 unspecified atom stereocenters. The second kappa shape index (κ2) is 6.83. The third-order valence-corrected chi connectivity index (χ3v) is 4.27. The van der Waals surface area contributed by atoms with Crippen molar-refractivity contribution in [2.75, 3.05) is 0 Å². The van der Waals surface area contributed by atoms with Crippen LogP contribution >= 0.6 is 11.3 Å². The summed E-state index contributed by atoms with van der Waals surface area (Å²) in [6, 6.07) is -0.731. The van der Waals surface area contributed by atoms with Gasteiger partial charge in [0.1, 0.15) is 17.1 Å². The summed E-state index contributed by atoms with van der Waals surface area (Å²) in [6.45, 7) is 4.48. The number of amides is 2. The molecule has 20 heavy (non-hydrogen) atoms. The Bertz CT molecular complexity index is 461. The first-order valence-corrected chi connectivity index (χ1v) is 8.04. The van der Waals surface area contributed by atoms with Crippen LogP contribution in [-0.4, -0.2) is 33.8 Å². The summed E-state index contributed by atoms with van der Waals surface area (Å²) in [5.74, 6) is 0.00144. The van der Waals surface area contributed by atoms with Crippen molar-refractivity contribution in [1.29, 1.82) is 0 Å². The predicted octanol–water partition coefficient (Wildman–Crippen LogP) is 1.94. The van der Waals surface area contributed by atoms with E-state index in [1.807, 2.05) is 19.2 Å². The fourth-order valence-electron chi connectivity index (χ4n) is 2.53. The summed E-state index contributed by atoms with van der Waals surface area (Å²) in [5, 5.41) is 5.63. The molecule has 1 aromatic rings. The van der Waals surface area contributed by atoms with Crippen LogP contribution in [0, 0.1) is 0 Å². The third kappa shape index (κ3) is 3.17. The van der Waals surface area contributed by atoms with Crippen LogP contribution in [0.4, 0.5) is 0 Å². The molecule has 0 bridgehead atoms. The molecule has 5 nitrogen and oxygen atoms in total. The van der Waals surface area contributed by atoms with Crippen LogP contribution in [0.25, 0.3) is 0 Å². The minimum absolute atomic E-state index is 0.0264. The zero-order valence-electron chi connectivity index (χ0n) is 12.0. The molecule has 2 amide bonds. The molecule has 1 fully saturated rings. The number of aromatic nitrogens is 1. The van der Waals surface area contributed by atoms with Crippen molar-refractivity contribution in [1.82, 2.24) is 15.2 Å². The highest BCUT2D eigenvalue weighted by molar-refractivity contribution is 7.09. The van der Waals surface area contributed by atoms with E-state index >= 15 is 0 Å². The lowest BCUT2D eigenvalue weighted by Crippen LogP contribution is -2.62. The Morgan fingerprint density at radius 1 is 1.30 bits per heavy atom. The smallest absolute Gasteiger partial charge is 0.246 e. The molecule has 1 aliphatic heterocycles. The molecule has 6 heteroatoms. The summed E-state index contributed by atoms with van der Waals surface area (Å²) in [7, 11) is 0. The molecule has 1 N–H and O–H groups in total. The molecular weight excluding hydrogens is 274 g/mol. The van der Waals surface area contributed by atoms with E-state index in [4.69, 9.17) is 0 Å². The van der Waals surface area contributed by atoms with Gasteiger partial charge in [-0.05, 0) is 12.8 Å². The van der Waals surface area contributed by atoms with Crippen molar-refractivity contribution in [3.8, 4) is 0 Å². The maximum Gasteiger partial charge on any atom is 0.246 e. The van der Waals surface area contributed by atoms with Crippen LogP contribution in [0.1, 0.15) is 44.5 Å². The largest absolute Gasteiger partial charge is 0.343 e. The molecular formula is C14H21N3O2S. The molecule has 0 aromatic carbocycles. The standard InChI is InChI=1S/C14H21N3O2S/c1-3-5-10-14(19)17(9-12-15-7-8-20-12)11(6-4-2)13(18)16-10/h7-8,10-11H,3-6,9H2,1-2H3,(H,16,18). The number of carbonyl (C=O) groups is 2. The van der Waals surface area contributed by atoms with E-state index < -0.39 is 0 Å². The van der Waals surface area contributed by atoms with Crippen molar-refractivity contribution in [3.05, 3.63) is 16.6 Å². The van der Waals surface area contributed by atoms with Crippen molar-refractivity contribution in [2.24, 2.45) is 0 Å². The van der Waals surface area contributed by atoms with Crippen molar-refractivity contribution in [2.45, 2.75) is 58.2 Å². The lowest BCUT2D eigenvalue weighted by molar-refractivity contribution is -0.150. The van der Waals surface area contributed by atoms with E-state index in [1.165, 1.54) is 11.3 Å². The van der Waals surface area contributed by atoms with Gasteiger partial charge in [0.25, 0.3) is 0 Å². The Balaban J connectivity index is 2.19. The fourth-order valence-corrected chi connectivity index (χ4v) is 3.15. The number of piperazine rings is 1. The summed E-state index contributed by atoms with van der Waals surface area (Å²) < 4.78 is 0. The van der Waals surface area contributed by atoms with Gasteiger partial charge in [-0.1, -0.05) is 26.7 Å². The third-order valence-electron chi connectivity index (χ3n) is 3.51. The van der Waals surface area contributed by atoms with Crippen LogP contribution in [0.5, 0.6) is 0 Å². The highest BCUT2D eigenvalue weighted by Crippen LogP contribution is 2.20. The highest BCUT2D eigenvalue weighted by atomic mass is 32.1. The number of carbonyl (C=O) groups excluding carboxylic acids is 2. The second-order valence-corrected chi connectivity index (χ2v) is 6.03. The monoisotopic (exact) mass is 295 g/mol. The van der Waals surface area contributed by atoms with Crippen LogP contribution in [0.2, 0.25) is 0 Å². The van der Waals surface area contributed by atoms with Gasteiger partial charge in [-0.15, -0.1) is 11.3 Å². The Hall–Kier alpha value is -1.43. The molecule has 1 aromatic heterocycles. The van der Waals surface area contributed by atoms with E-state index in [9.17, 15) is 9.59 Å². The topological polar surface area (TPSA) is 62.3 Å². The van der Waals surface area contributed by atoms with Gasteiger partial charge in [-0.2, -0.15) is 0 Å². The lowest BCUT2D eigenvalue weighted by Gasteiger charge is -2.38. The van der Waals surface area contributed by atoms with Crippen LogP contribution in [0.15, 0.2) is 11.6 Å². The Morgan fingerprint density at radius 2 is 2.05 bits per heavy atom. The molecule has 0 spiro atoms. The van der Waals surface area contributed by atoms with Crippen molar-refractivity contribution < 1.29 is 9.59 Å². The number of rotatable bonds is 6. The maximum absolute atomic E-state index is 12.6. The lowest BCUT2D eigenvalue weighted by atomic mass is 10.0. The SMILES string of the molecule is CCCC1NC(=O)C(CCC)N(Cc2nccs2)C1=O. The molecule has 110 valence electrons. The summed E-state index contributed by atoms with van der Waals surface area (Å²) in [5.41, 5.74) is 0. The van der Waals surface area contributed by atoms with Gasteiger partial charge < -0.3 is 10.2 Å². The first-order chi connectivity index (χ1) is 9.67. The van der Waals surface area contributed by atoms with Gasteiger partial charge in [-0.3, -0.25) is 9.59 Å². The van der Waals surface area contributed by atoms with Gasteiger partial charge >= 0.3 is 0 Å². The Labute approximate surface area is 123 Å². The first kappa shape index (κ1) is 15.0. The normalized spacial score (nSPS) is 23.0. The van der Waals surface area contributed by atoms with E-state index in [1.54, 1.807) is 11.1 Å². The maximum atomic E-state index is 12.6. The highest BCUT2D eigenvalue weighted by Gasteiger charge is 2.39. The molecule has 0 radical (unpaired) electrons. The van der Waals surface area contributed by atoms with Crippen LogP contribution < -0.4 is 5.32 Å². The van der Waals surface area contributed by atoms with Crippen molar-refractivity contribution >= 4 is 23.2 Å². The molecule has 0 aliphatic carbocycles. The average Bonchev–Trinajstić information content (AvgIpc) is 2.93. The fraction of sp³-hybridized carbons (Fsp3) is 0.643. The molecule has 0 saturated carbocycles. The number of nitrogens with zero attached hydrogens (tertiary/aromatic N) is 2. The summed E-state index contributed by atoms with van der Waals surface area (Å²) in [6.07, 6.45) is 4.87. The number of nitrogens with one attached hydrogen (secondary N) is 1. The van der Waals surface area contributed by atoms with Crippen LogP contribution in [-0.2, 0) is 16.1 Å². The van der Waals surface area contributed by atoms with Crippen LogP contribution in [0.3, 0.4) is 0 Å². The number of hydrogen-bond acceptors (Lipinski definition) is 4. The van der Waals surface area contributed by atoms with Crippen molar-refractivity contribution in [3.63, 3.8) is 0 Å². The average molecular weight is 295 g/mol. The minimum atomic E-state index is -0.374. The number of hydrogen-bond donors (Lipinski definition) is 1. The summed E-state index contributed by atoms with van der Waals surface area (Å²) in [4.78, 5) is 30.7. The van der Waals surface area contributed by atoms with Gasteiger partial charge in [0.15, 0.2) is 0 Å². The first-order valence-electron chi connectivity index (χ1n) is 7.16. The molecule has 2 atom stereocenters. The molecule has 2 rings (SSSR count). The Morgan fingerprint density at radius 3 is 2.65 bits per heavy atom. The zero-order chi connectivity index (χ0) is 14.5. The molecule has 1 aliphatic rings. The predicted molar refractivity (Wildman–Crippen MR) is 78.2 cm³/mol. The molecule has 1 saturated heterocycles. The van der Waals surface area contributed by atoms with E-state index in [0.717, 1.165) is 17.8 Å². The summed E-state index contributed by atoms with van der Waals surface area (Å²) >= 11 is 1.52. The minimum Gasteiger partial charge on any atom is -0.343 e. The van der Waals surface area contributed by atoms with Gasteiger partial charge in [0, 0.05) is 11.6 Å². The van der Waals surface area contributed by atoms with E-state index in [2.05, 4.69) is 10.3 Å². The zero-order valence-corrected chi connectivity index (χ0v) is 12.8. The number of thiazole rings is 1.